The van der Waals surface area contributed by atoms with Crippen LogP contribution in [0.2, 0.25) is 0 Å². The number of anilines is 1. The van der Waals surface area contributed by atoms with E-state index in [0.717, 1.165) is 5.30 Å². The van der Waals surface area contributed by atoms with Crippen LogP contribution in [0.3, 0.4) is 0 Å². The fraction of sp³-hybridized carbons (Fsp3) is 0.625. The second-order valence-corrected chi connectivity index (χ2v) is 11.0. The first-order chi connectivity index (χ1) is 8.87. The van der Waals surface area contributed by atoms with Gasteiger partial charge in [0.1, 0.15) is 6.63 Å². The van der Waals surface area contributed by atoms with Gasteiger partial charge in [0.05, 0.1) is 0 Å². The summed E-state index contributed by atoms with van der Waals surface area (Å²) in [6, 6.07) is 4.24. The lowest BCUT2D eigenvalue weighted by molar-refractivity contribution is 0.533. The van der Waals surface area contributed by atoms with Crippen molar-refractivity contribution in [3.8, 4) is 0 Å². The van der Waals surface area contributed by atoms with E-state index in [1.165, 1.54) is 16.8 Å². The van der Waals surface area contributed by atoms with E-state index in [0.29, 0.717) is 0 Å². The molecule has 1 aromatic rings. The van der Waals surface area contributed by atoms with Gasteiger partial charge in [-0.3, -0.25) is 0 Å². The molecule has 4 heteroatoms. The zero-order chi connectivity index (χ0) is 15.9. The van der Waals surface area contributed by atoms with Crippen LogP contribution in [0.1, 0.15) is 52.7 Å². The van der Waals surface area contributed by atoms with Crippen molar-refractivity contribution in [2.75, 3.05) is 19.0 Å². The molecule has 0 aliphatic heterocycles. The molecule has 0 heterocycles. The Bertz CT molecular complexity index is 437. The number of hydrogen-bond donors (Lipinski definition) is 0. The van der Waals surface area contributed by atoms with Crippen LogP contribution in [0.15, 0.2) is 12.1 Å². The van der Waals surface area contributed by atoms with Crippen molar-refractivity contribution in [1.29, 1.82) is 0 Å². The summed E-state index contributed by atoms with van der Waals surface area (Å²) in [4.78, 5) is 2.17. The summed E-state index contributed by atoms with van der Waals surface area (Å²) in [6.45, 7) is 12.3. The topological polar surface area (TPSA) is 3.24 Å². The lowest BCUT2D eigenvalue weighted by Crippen LogP contribution is -2.31. The van der Waals surface area contributed by atoms with E-state index >= 15 is 0 Å². The summed E-state index contributed by atoms with van der Waals surface area (Å²) in [5.74, 6) is 0. The van der Waals surface area contributed by atoms with Crippen LogP contribution < -0.4 is 10.2 Å². The van der Waals surface area contributed by atoms with Crippen LogP contribution in [-0.2, 0) is 10.8 Å². The van der Waals surface area contributed by atoms with Crippen LogP contribution in [0.5, 0.6) is 0 Å². The summed E-state index contributed by atoms with van der Waals surface area (Å²) in [7, 11) is 4.17. The SMILES string of the molecule is CN(C)c1ccc(P(Cl)Cl)c(C(C)(C)C)c1C(C)(C)C. The van der Waals surface area contributed by atoms with Crippen molar-refractivity contribution in [3.63, 3.8) is 0 Å². The predicted molar refractivity (Wildman–Crippen MR) is 96.4 cm³/mol. The smallest absolute Gasteiger partial charge is 0.117 e. The quantitative estimate of drug-likeness (QED) is 0.621. The average molecular weight is 334 g/mol. The zero-order valence-electron chi connectivity index (χ0n) is 13.8. The van der Waals surface area contributed by atoms with E-state index in [2.05, 4.69) is 72.7 Å². The van der Waals surface area contributed by atoms with Gasteiger partial charge in [0, 0.05) is 25.1 Å². The Morgan fingerprint density at radius 3 is 1.60 bits per heavy atom. The minimum atomic E-state index is -1.15. The number of rotatable bonds is 2. The molecule has 0 aliphatic carbocycles. The van der Waals surface area contributed by atoms with E-state index in [1.807, 2.05) is 0 Å². The molecule has 1 rings (SSSR count). The molecule has 0 N–H and O–H groups in total. The normalized spacial score (nSPS) is 12.9. The second-order valence-electron chi connectivity index (χ2n) is 7.48. The minimum absolute atomic E-state index is 0.00826. The fourth-order valence-electron chi connectivity index (χ4n) is 2.61. The van der Waals surface area contributed by atoms with Gasteiger partial charge in [0.25, 0.3) is 0 Å². The third-order valence-electron chi connectivity index (χ3n) is 3.33. The highest BCUT2D eigenvalue weighted by Crippen LogP contribution is 2.50. The molecule has 0 spiro atoms. The van der Waals surface area contributed by atoms with Crippen LogP contribution >= 0.6 is 29.1 Å². The first-order valence-corrected chi connectivity index (χ1v) is 9.99. The first-order valence-electron chi connectivity index (χ1n) is 6.84. The maximum absolute atomic E-state index is 6.28. The third kappa shape index (κ3) is 3.81. The third-order valence-corrected chi connectivity index (χ3v) is 5.15. The predicted octanol–water partition coefficient (Wildman–Crippen LogP) is 5.76. The molecular formula is C16H26Cl2NP. The first kappa shape index (κ1) is 18.1. The lowest BCUT2D eigenvalue weighted by atomic mass is 9.74. The van der Waals surface area contributed by atoms with Crippen molar-refractivity contribution in [1.82, 2.24) is 0 Å². The van der Waals surface area contributed by atoms with E-state index in [1.54, 1.807) is 0 Å². The van der Waals surface area contributed by atoms with E-state index in [4.69, 9.17) is 22.5 Å². The summed E-state index contributed by atoms with van der Waals surface area (Å²) in [5, 5.41) is 1.09. The van der Waals surface area contributed by atoms with Crippen molar-refractivity contribution < 1.29 is 0 Å². The Hall–Kier alpha value is 0.0300. The van der Waals surface area contributed by atoms with Gasteiger partial charge in [-0.15, -0.1) is 0 Å². The van der Waals surface area contributed by atoms with Crippen molar-refractivity contribution in [2.24, 2.45) is 0 Å². The Morgan fingerprint density at radius 2 is 1.30 bits per heavy atom. The molecule has 1 nitrogen and oxygen atoms in total. The van der Waals surface area contributed by atoms with Gasteiger partial charge in [-0.05, 0) is 34.1 Å². The molecule has 20 heavy (non-hydrogen) atoms. The lowest BCUT2D eigenvalue weighted by Gasteiger charge is -2.36. The highest BCUT2D eigenvalue weighted by Gasteiger charge is 2.32. The minimum Gasteiger partial charge on any atom is -0.377 e. The Balaban J connectivity index is 3.84. The van der Waals surface area contributed by atoms with Gasteiger partial charge < -0.3 is 4.90 Å². The van der Waals surface area contributed by atoms with Gasteiger partial charge >= 0.3 is 0 Å². The van der Waals surface area contributed by atoms with Gasteiger partial charge in [-0.2, -0.15) is 0 Å². The maximum Gasteiger partial charge on any atom is 0.117 e. The summed E-state index contributed by atoms with van der Waals surface area (Å²) in [6.07, 6.45) is 0. The number of hydrogen-bond acceptors (Lipinski definition) is 1. The number of nitrogens with zero attached hydrogens (tertiary/aromatic N) is 1. The van der Waals surface area contributed by atoms with E-state index < -0.39 is 6.63 Å². The van der Waals surface area contributed by atoms with Gasteiger partial charge in [0.15, 0.2) is 0 Å². The molecule has 114 valence electrons. The second kappa shape index (κ2) is 6.03. The van der Waals surface area contributed by atoms with Crippen LogP contribution in [0.25, 0.3) is 0 Å². The highest BCUT2D eigenvalue weighted by atomic mass is 35.9. The molecular weight excluding hydrogens is 308 g/mol. The molecule has 0 aromatic heterocycles. The zero-order valence-corrected chi connectivity index (χ0v) is 16.2. The van der Waals surface area contributed by atoms with Gasteiger partial charge in [-0.25, -0.2) is 0 Å². The molecule has 0 aliphatic rings. The van der Waals surface area contributed by atoms with E-state index in [9.17, 15) is 0 Å². The maximum atomic E-state index is 6.28. The molecule has 0 unspecified atom stereocenters. The summed E-state index contributed by atoms with van der Waals surface area (Å²) in [5.41, 5.74) is 3.94. The Morgan fingerprint density at radius 1 is 0.850 bits per heavy atom. The van der Waals surface area contributed by atoms with Gasteiger partial charge in [0.2, 0.25) is 0 Å². The number of halogens is 2. The molecule has 0 saturated carbocycles. The monoisotopic (exact) mass is 333 g/mol. The van der Waals surface area contributed by atoms with Crippen LogP contribution in [0.4, 0.5) is 5.69 Å². The Labute approximate surface area is 135 Å². The van der Waals surface area contributed by atoms with Crippen LogP contribution in [-0.4, -0.2) is 14.1 Å². The molecule has 0 amide bonds. The van der Waals surface area contributed by atoms with Gasteiger partial charge in [-0.1, -0.05) is 64.0 Å². The molecule has 0 radical (unpaired) electrons. The summed E-state index contributed by atoms with van der Waals surface area (Å²) >= 11 is 12.6. The fourth-order valence-corrected chi connectivity index (χ4v) is 4.26. The number of benzene rings is 1. The van der Waals surface area contributed by atoms with Crippen molar-refractivity contribution >= 4 is 40.1 Å². The molecule has 0 atom stereocenters. The molecule has 0 saturated heterocycles. The highest BCUT2D eigenvalue weighted by molar-refractivity contribution is 8.08. The van der Waals surface area contributed by atoms with Crippen molar-refractivity contribution in [2.45, 2.75) is 52.4 Å². The average Bonchev–Trinajstić information content (AvgIpc) is 2.24. The van der Waals surface area contributed by atoms with Crippen molar-refractivity contribution in [3.05, 3.63) is 23.3 Å². The van der Waals surface area contributed by atoms with E-state index in [-0.39, 0.29) is 10.8 Å². The Kier molecular flexibility index (Phi) is 5.45. The largest absolute Gasteiger partial charge is 0.377 e. The molecule has 0 bridgehead atoms. The summed E-state index contributed by atoms with van der Waals surface area (Å²) < 4.78 is 0. The molecule has 1 aromatic carbocycles. The van der Waals surface area contributed by atoms with Crippen LogP contribution in [0, 0.1) is 0 Å². The molecule has 0 fully saturated rings. The standard InChI is InChI=1S/C16H26Cl2NP/c1-15(2,3)13-11(19(7)8)9-10-12(20(17)18)14(13)16(4,5)6/h9-10H,1-8H3.